The van der Waals surface area contributed by atoms with E-state index in [1.165, 1.54) is 0 Å². The summed E-state index contributed by atoms with van der Waals surface area (Å²) in [6, 6.07) is 14.9. The Bertz CT molecular complexity index is 1090. The molecular formula is C21H20N2O3S. The minimum Gasteiger partial charge on any atom is -0.306 e. The molecule has 6 heteroatoms. The Morgan fingerprint density at radius 3 is 2.67 bits per heavy atom. The molecule has 5 nitrogen and oxygen atoms in total. The lowest BCUT2D eigenvalue weighted by Crippen LogP contribution is -2.50. The number of carbonyl (C=O) groups excluding carboxylic acids is 1. The lowest BCUT2D eigenvalue weighted by molar-refractivity contribution is -0.128. The number of likely N-dealkylation sites (N-methyl/N-ethyl adjacent to an activating group) is 1. The smallest absolute Gasteiger partial charge is 0.253 e. The van der Waals surface area contributed by atoms with E-state index in [9.17, 15) is 13.2 Å². The van der Waals surface area contributed by atoms with Crippen LogP contribution in [-0.4, -0.2) is 44.6 Å². The highest BCUT2D eigenvalue weighted by Crippen LogP contribution is 2.61. The van der Waals surface area contributed by atoms with Crippen LogP contribution in [0.5, 0.6) is 0 Å². The molecule has 27 heavy (non-hydrogen) atoms. The molecule has 0 bridgehead atoms. The largest absolute Gasteiger partial charge is 0.306 e. The first kappa shape index (κ1) is 16.7. The van der Waals surface area contributed by atoms with Crippen LogP contribution in [0.4, 0.5) is 5.69 Å². The van der Waals surface area contributed by atoms with Gasteiger partial charge in [-0.15, -0.1) is 6.58 Å². The van der Waals surface area contributed by atoms with Crippen LogP contribution in [0.2, 0.25) is 0 Å². The Kier molecular flexibility index (Phi) is 3.28. The normalized spacial score (nSPS) is 30.4. The number of benzene rings is 2. The molecule has 1 spiro atoms. The number of nitrogens with zero attached hydrogens (tertiary/aromatic N) is 2. The maximum Gasteiger partial charge on any atom is 0.253 e. The van der Waals surface area contributed by atoms with Gasteiger partial charge in [-0.1, -0.05) is 42.5 Å². The van der Waals surface area contributed by atoms with Gasteiger partial charge in [0, 0.05) is 30.3 Å². The molecule has 0 radical (unpaired) electrons. The first-order chi connectivity index (χ1) is 13.0. The summed E-state index contributed by atoms with van der Waals surface area (Å²) in [5.41, 5.74) is 1.50. The predicted molar refractivity (Wildman–Crippen MR) is 103 cm³/mol. The fourth-order valence-corrected chi connectivity index (χ4v) is 7.57. The number of hydrogen-bond acceptors (Lipinski definition) is 4. The summed E-state index contributed by atoms with van der Waals surface area (Å²) in [6.45, 7) is 4.52. The summed E-state index contributed by atoms with van der Waals surface area (Å²) < 4.78 is 26.4. The number of carbonyl (C=O) groups is 1. The maximum absolute atomic E-state index is 13.8. The van der Waals surface area contributed by atoms with E-state index < -0.39 is 26.5 Å². The van der Waals surface area contributed by atoms with E-state index in [0.29, 0.717) is 18.0 Å². The van der Waals surface area contributed by atoms with Crippen molar-refractivity contribution in [3.8, 4) is 0 Å². The van der Waals surface area contributed by atoms with Gasteiger partial charge in [0.2, 0.25) is 0 Å². The van der Waals surface area contributed by atoms with Gasteiger partial charge in [0.05, 0.1) is 10.1 Å². The topological polar surface area (TPSA) is 57.7 Å². The lowest BCUT2D eigenvalue weighted by Gasteiger charge is -2.35. The van der Waals surface area contributed by atoms with Crippen molar-refractivity contribution in [2.45, 2.75) is 21.6 Å². The van der Waals surface area contributed by atoms with Crippen LogP contribution in [0.15, 0.2) is 66.1 Å². The molecule has 1 amide bonds. The van der Waals surface area contributed by atoms with Crippen molar-refractivity contribution in [2.24, 2.45) is 0 Å². The Balaban J connectivity index is 1.83. The average Bonchev–Trinajstić information content (AvgIpc) is 3.19. The van der Waals surface area contributed by atoms with Gasteiger partial charge in [-0.3, -0.25) is 9.69 Å². The van der Waals surface area contributed by atoms with Crippen LogP contribution in [0, 0.1) is 0 Å². The summed E-state index contributed by atoms with van der Waals surface area (Å²) in [5, 5.41) is -0.611. The molecule has 3 aliphatic heterocycles. The van der Waals surface area contributed by atoms with Crippen molar-refractivity contribution in [1.29, 1.82) is 0 Å². The van der Waals surface area contributed by atoms with Crippen LogP contribution >= 0.6 is 0 Å². The molecule has 0 N–H and O–H groups in total. The third-order valence-electron chi connectivity index (χ3n) is 6.33. The fourth-order valence-electron chi connectivity index (χ4n) is 5.33. The molecule has 0 unspecified atom stereocenters. The Hall–Kier alpha value is -2.44. The minimum absolute atomic E-state index is 0.0643. The summed E-state index contributed by atoms with van der Waals surface area (Å²) in [6.07, 6.45) is 1.71. The molecule has 138 valence electrons. The predicted octanol–water partition coefficient (Wildman–Crippen LogP) is 2.30. The van der Waals surface area contributed by atoms with Gasteiger partial charge in [-0.2, -0.15) is 0 Å². The highest BCUT2D eigenvalue weighted by Gasteiger charge is 2.69. The zero-order valence-electron chi connectivity index (χ0n) is 15.0. The van der Waals surface area contributed by atoms with Crippen molar-refractivity contribution in [3.63, 3.8) is 0 Å². The molecule has 1 fully saturated rings. The van der Waals surface area contributed by atoms with Gasteiger partial charge >= 0.3 is 0 Å². The molecule has 0 aromatic heterocycles. The van der Waals surface area contributed by atoms with Crippen LogP contribution in [-0.2, 0) is 20.2 Å². The van der Waals surface area contributed by atoms with Crippen molar-refractivity contribution < 1.29 is 13.2 Å². The average molecular weight is 380 g/mol. The number of fused-ring (bicyclic) bond motifs is 6. The van der Waals surface area contributed by atoms with E-state index in [-0.39, 0.29) is 5.91 Å². The first-order valence-corrected chi connectivity index (χ1v) is 10.6. The molecular weight excluding hydrogens is 360 g/mol. The fraction of sp³-hybridized carbons (Fsp3) is 0.286. The van der Waals surface area contributed by atoms with Gasteiger partial charge < -0.3 is 4.90 Å². The van der Waals surface area contributed by atoms with E-state index in [1.54, 1.807) is 23.1 Å². The van der Waals surface area contributed by atoms with E-state index in [1.807, 2.05) is 48.3 Å². The molecule has 0 aliphatic carbocycles. The Morgan fingerprint density at radius 2 is 1.89 bits per heavy atom. The van der Waals surface area contributed by atoms with Gasteiger partial charge in [0.25, 0.3) is 5.91 Å². The Labute approximate surface area is 158 Å². The third-order valence-corrected chi connectivity index (χ3v) is 8.53. The summed E-state index contributed by atoms with van der Waals surface area (Å²) in [5.74, 6) is -0.474. The number of amides is 1. The summed E-state index contributed by atoms with van der Waals surface area (Å²) in [7, 11) is -1.60. The molecule has 2 aromatic carbocycles. The second kappa shape index (κ2) is 5.30. The molecule has 1 saturated heterocycles. The number of sulfone groups is 1. The number of anilines is 1. The van der Waals surface area contributed by atoms with E-state index >= 15 is 0 Å². The van der Waals surface area contributed by atoms with Gasteiger partial charge in [0.1, 0.15) is 5.54 Å². The second-order valence-electron chi connectivity index (χ2n) is 7.47. The molecule has 3 atom stereocenters. The van der Waals surface area contributed by atoms with E-state index in [4.69, 9.17) is 0 Å². The van der Waals surface area contributed by atoms with Crippen LogP contribution in [0.1, 0.15) is 17.0 Å². The molecule has 2 aromatic rings. The highest BCUT2D eigenvalue weighted by atomic mass is 32.2. The minimum atomic E-state index is -3.47. The van der Waals surface area contributed by atoms with E-state index in [0.717, 1.165) is 16.8 Å². The second-order valence-corrected chi connectivity index (χ2v) is 9.60. The number of rotatable bonds is 2. The maximum atomic E-state index is 13.8. The van der Waals surface area contributed by atoms with E-state index in [2.05, 4.69) is 6.58 Å². The molecule has 3 heterocycles. The van der Waals surface area contributed by atoms with Crippen molar-refractivity contribution in [2.75, 3.05) is 25.0 Å². The summed E-state index contributed by atoms with van der Waals surface area (Å²) >= 11 is 0. The number of hydrogen-bond donors (Lipinski definition) is 0. The van der Waals surface area contributed by atoms with Crippen LogP contribution < -0.4 is 4.90 Å². The van der Waals surface area contributed by atoms with Gasteiger partial charge in [-0.25, -0.2) is 8.42 Å². The zero-order chi connectivity index (χ0) is 19.0. The molecule has 5 rings (SSSR count). The standard InChI is InChI=1S/C21H20N2O3S/c1-3-12-23-16-10-6-5-9-15(16)21(20(23)24)19-14-8-4-7-11-17(14)27(25,26)18(19)13-22(21)2/h3-11,18-19H,1,12-13H2,2H3/t18-,19-,21-/m1/s1. The Morgan fingerprint density at radius 1 is 1.19 bits per heavy atom. The SMILES string of the molecule is C=CCN1C(=O)[C@@]2(c3ccccc31)[C@@H]1c3ccccc3S(=O)(=O)[C@@H]1CN2C. The lowest BCUT2D eigenvalue weighted by atomic mass is 9.76. The van der Waals surface area contributed by atoms with Crippen LogP contribution in [0.25, 0.3) is 0 Å². The quantitative estimate of drug-likeness (QED) is 0.750. The first-order valence-electron chi connectivity index (χ1n) is 9.02. The molecule has 0 saturated carbocycles. The van der Waals surface area contributed by atoms with Crippen molar-refractivity contribution >= 4 is 21.4 Å². The van der Waals surface area contributed by atoms with Crippen molar-refractivity contribution in [3.05, 3.63) is 72.3 Å². The van der Waals surface area contributed by atoms with Crippen molar-refractivity contribution in [1.82, 2.24) is 4.90 Å². The van der Waals surface area contributed by atoms with Crippen LogP contribution in [0.3, 0.4) is 0 Å². The zero-order valence-corrected chi connectivity index (χ0v) is 15.8. The van der Waals surface area contributed by atoms with Gasteiger partial charge in [-0.05, 0) is 24.7 Å². The summed E-state index contributed by atoms with van der Waals surface area (Å²) in [4.78, 5) is 17.8. The van der Waals surface area contributed by atoms with Gasteiger partial charge in [0.15, 0.2) is 9.84 Å². The number of likely N-dealkylation sites (tertiary alicyclic amines) is 1. The monoisotopic (exact) mass is 380 g/mol. The third kappa shape index (κ3) is 1.77. The molecule has 3 aliphatic rings. The highest BCUT2D eigenvalue weighted by molar-refractivity contribution is 7.92. The number of para-hydroxylation sites is 1.